The van der Waals surface area contributed by atoms with Gasteiger partial charge in [0.25, 0.3) is 0 Å². The van der Waals surface area contributed by atoms with Crippen LogP contribution in [0.25, 0.3) is 5.69 Å². The Bertz CT molecular complexity index is 653. The van der Waals surface area contributed by atoms with Crippen LogP contribution in [0.1, 0.15) is 25.7 Å². The number of hydrogen-bond donors (Lipinski definition) is 2. The van der Waals surface area contributed by atoms with Gasteiger partial charge in [-0.1, -0.05) is 6.42 Å². The molecule has 7 heteroatoms. The number of benzene rings is 1. The Morgan fingerprint density at radius 2 is 2.05 bits per heavy atom. The van der Waals surface area contributed by atoms with Crippen LogP contribution in [0.15, 0.2) is 30.6 Å². The van der Waals surface area contributed by atoms with Crippen LogP contribution >= 0.6 is 12.2 Å². The summed E-state index contributed by atoms with van der Waals surface area (Å²) >= 11 is 5.44. The lowest BCUT2D eigenvalue weighted by molar-refractivity contribution is 0.392. The average Bonchev–Trinajstić information content (AvgIpc) is 3.25. The van der Waals surface area contributed by atoms with Gasteiger partial charge in [0.2, 0.25) is 0 Å². The first kappa shape index (κ1) is 13.6. The number of aromatic nitrogens is 4. The number of tetrazole rings is 1. The van der Waals surface area contributed by atoms with E-state index in [1.165, 1.54) is 25.7 Å². The average molecular weight is 314 g/mol. The Morgan fingerprint density at radius 1 is 1.18 bits per heavy atom. The summed E-state index contributed by atoms with van der Waals surface area (Å²) in [6.45, 7) is 0. The lowest BCUT2D eigenvalue weighted by Crippen LogP contribution is -2.40. The first-order valence-electron chi connectivity index (χ1n) is 7.69. The topological polar surface area (TPSA) is 67.7 Å². The Morgan fingerprint density at radius 3 is 2.68 bits per heavy atom. The molecule has 0 amide bonds. The predicted molar refractivity (Wildman–Crippen MR) is 87.7 cm³/mol. The molecular formula is C15H18N6S. The van der Waals surface area contributed by atoms with Crippen molar-refractivity contribution >= 4 is 23.0 Å². The summed E-state index contributed by atoms with van der Waals surface area (Å²) in [5, 5.41) is 18.6. The highest BCUT2D eigenvalue weighted by Crippen LogP contribution is 2.44. The molecule has 2 N–H and O–H groups in total. The van der Waals surface area contributed by atoms with Crippen LogP contribution < -0.4 is 10.6 Å². The molecule has 2 aliphatic rings. The molecule has 4 rings (SSSR count). The van der Waals surface area contributed by atoms with Gasteiger partial charge in [-0.15, -0.1) is 5.10 Å². The fourth-order valence-corrected chi connectivity index (χ4v) is 4.00. The number of nitrogens with one attached hydrogen (secondary N) is 2. The first-order valence-corrected chi connectivity index (χ1v) is 8.10. The van der Waals surface area contributed by atoms with Gasteiger partial charge in [0.15, 0.2) is 5.11 Å². The Hall–Kier alpha value is -2.02. The summed E-state index contributed by atoms with van der Waals surface area (Å²) in [4.78, 5) is 0. The number of hydrogen-bond acceptors (Lipinski definition) is 4. The molecule has 114 valence electrons. The van der Waals surface area contributed by atoms with Crippen molar-refractivity contribution in [2.75, 3.05) is 5.32 Å². The van der Waals surface area contributed by atoms with E-state index >= 15 is 0 Å². The molecule has 6 nitrogen and oxygen atoms in total. The minimum absolute atomic E-state index is 0.555. The van der Waals surface area contributed by atoms with Crippen LogP contribution in [0.2, 0.25) is 0 Å². The second-order valence-corrected chi connectivity index (χ2v) is 6.59. The molecule has 2 saturated carbocycles. The fourth-order valence-electron chi connectivity index (χ4n) is 3.73. The first-order chi connectivity index (χ1) is 10.8. The molecular weight excluding hydrogens is 296 g/mol. The van der Waals surface area contributed by atoms with Crippen molar-refractivity contribution in [2.45, 2.75) is 31.7 Å². The van der Waals surface area contributed by atoms with Crippen molar-refractivity contribution in [3.8, 4) is 5.69 Å². The summed E-state index contributed by atoms with van der Waals surface area (Å²) in [7, 11) is 0. The summed E-state index contributed by atoms with van der Waals surface area (Å²) in [6.07, 6.45) is 6.97. The number of nitrogens with zero attached hydrogens (tertiary/aromatic N) is 4. The van der Waals surface area contributed by atoms with Gasteiger partial charge in [-0.3, -0.25) is 0 Å². The molecule has 0 saturated heterocycles. The van der Waals surface area contributed by atoms with Crippen LogP contribution in [0, 0.1) is 11.8 Å². The highest BCUT2D eigenvalue weighted by molar-refractivity contribution is 7.80. The van der Waals surface area contributed by atoms with Crippen molar-refractivity contribution < 1.29 is 0 Å². The molecule has 1 aromatic carbocycles. The van der Waals surface area contributed by atoms with Crippen LogP contribution in [0.3, 0.4) is 0 Å². The van der Waals surface area contributed by atoms with Gasteiger partial charge in [0, 0.05) is 11.7 Å². The molecule has 1 heterocycles. The van der Waals surface area contributed by atoms with Gasteiger partial charge in [-0.25, -0.2) is 4.68 Å². The Labute approximate surface area is 134 Å². The quantitative estimate of drug-likeness (QED) is 0.846. The molecule has 0 radical (unpaired) electrons. The summed E-state index contributed by atoms with van der Waals surface area (Å²) < 4.78 is 1.62. The Balaban J connectivity index is 1.35. The molecule has 0 unspecified atom stereocenters. The molecule has 0 aliphatic heterocycles. The molecule has 22 heavy (non-hydrogen) atoms. The zero-order valence-electron chi connectivity index (χ0n) is 12.1. The molecule has 0 spiro atoms. The lowest BCUT2D eigenvalue weighted by atomic mass is 9.96. The standard InChI is InChI=1S/C15H18N6S/c22-15(18-14-8-10-1-2-11(14)7-10)17-12-3-5-13(6-4-12)21-9-16-19-20-21/h3-6,9-11,14H,1-2,7-8H2,(H2,17,18,22)/t10-,11-,14-/m1/s1. The van der Waals surface area contributed by atoms with Gasteiger partial charge < -0.3 is 10.6 Å². The number of rotatable bonds is 3. The van der Waals surface area contributed by atoms with Crippen molar-refractivity contribution in [1.82, 2.24) is 25.5 Å². The van der Waals surface area contributed by atoms with E-state index in [-0.39, 0.29) is 0 Å². The van der Waals surface area contributed by atoms with Crippen molar-refractivity contribution in [1.29, 1.82) is 0 Å². The van der Waals surface area contributed by atoms with Crippen molar-refractivity contribution in [3.05, 3.63) is 30.6 Å². The van der Waals surface area contributed by atoms with E-state index in [0.29, 0.717) is 11.2 Å². The van der Waals surface area contributed by atoms with E-state index in [1.807, 2.05) is 24.3 Å². The summed E-state index contributed by atoms with van der Waals surface area (Å²) in [5.74, 6) is 1.73. The number of fused-ring (bicyclic) bond motifs is 2. The highest BCUT2D eigenvalue weighted by atomic mass is 32.1. The summed E-state index contributed by atoms with van der Waals surface area (Å²) in [5.41, 5.74) is 1.89. The fraction of sp³-hybridized carbons (Fsp3) is 0.467. The van der Waals surface area contributed by atoms with Gasteiger partial charge in [-0.2, -0.15) is 0 Å². The zero-order valence-corrected chi connectivity index (χ0v) is 13.0. The van der Waals surface area contributed by atoms with Gasteiger partial charge >= 0.3 is 0 Å². The van der Waals surface area contributed by atoms with E-state index in [4.69, 9.17) is 12.2 Å². The third-order valence-corrected chi connectivity index (χ3v) is 5.01. The monoisotopic (exact) mass is 314 g/mol. The maximum atomic E-state index is 5.44. The van der Waals surface area contributed by atoms with E-state index < -0.39 is 0 Å². The third kappa shape index (κ3) is 2.68. The molecule has 2 bridgehead atoms. The van der Waals surface area contributed by atoms with Gasteiger partial charge in [0.05, 0.1) is 5.69 Å². The largest absolute Gasteiger partial charge is 0.359 e. The normalized spacial score (nSPS) is 26.1. The van der Waals surface area contributed by atoms with Crippen LogP contribution in [0.4, 0.5) is 5.69 Å². The van der Waals surface area contributed by atoms with Crippen molar-refractivity contribution in [2.24, 2.45) is 11.8 Å². The minimum Gasteiger partial charge on any atom is -0.359 e. The minimum atomic E-state index is 0.555. The lowest BCUT2D eigenvalue weighted by Gasteiger charge is -2.24. The molecule has 2 aromatic rings. The second kappa shape index (κ2) is 5.64. The highest BCUT2D eigenvalue weighted by Gasteiger charge is 2.39. The summed E-state index contributed by atoms with van der Waals surface area (Å²) in [6, 6.07) is 8.43. The maximum absolute atomic E-state index is 5.44. The number of thiocarbonyl (C=S) groups is 1. The molecule has 3 atom stereocenters. The molecule has 1 aromatic heterocycles. The van der Waals surface area contributed by atoms with Crippen LogP contribution in [0.5, 0.6) is 0 Å². The SMILES string of the molecule is S=C(Nc1ccc(-n2cnnn2)cc1)N[C@@H]1C[C@@H]2CC[C@@H]1C2. The van der Waals surface area contributed by atoms with E-state index in [0.717, 1.165) is 23.2 Å². The van der Waals surface area contributed by atoms with Crippen LogP contribution in [-0.4, -0.2) is 31.4 Å². The molecule has 2 aliphatic carbocycles. The second-order valence-electron chi connectivity index (χ2n) is 6.18. The third-order valence-electron chi connectivity index (χ3n) is 4.79. The van der Waals surface area contributed by atoms with E-state index in [9.17, 15) is 0 Å². The smallest absolute Gasteiger partial charge is 0.171 e. The van der Waals surface area contributed by atoms with E-state index in [1.54, 1.807) is 11.0 Å². The Kier molecular flexibility index (Phi) is 3.49. The maximum Gasteiger partial charge on any atom is 0.171 e. The molecule has 2 fully saturated rings. The van der Waals surface area contributed by atoms with Crippen LogP contribution in [-0.2, 0) is 0 Å². The van der Waals surface area contributed by atoms with E-state index in [2.05, 4.69) is 26.2 Å². The predicted octanol–water partition coefficient (Wildman–Crippen LogP) is 2.14. The van der Waals surface area contributed by atoms with Crippen molar-refractivity contribution in [3.63, 3.8) is 0 Å². The zero-order chi connectivity index (χ0) is 14.9. The number of anilines is 1. The van der Waals surface area contributed by atoms with Gasteiger partial charge in [0.1, 0.15) is 6.33 Å². The van der Waals surface area contributed by atoms with Gasteiger partial charge in [-0.05, 0) is 78.0 Å².